The minimum atomic E-state index is -1.24. The van der Waals surface area contributed by atoms with E-state index >= 15 is 0 Å². The van der Waals surface area contributed by atoms with Crippen molar-refractivity contribution in [2.45, 2.75) is 0 Å². The van der Waals surface area contributed by atoms with Gasteiger partial charge < -0.3 is 15.7 Å². The summed E-state index contributed by atoms with van der Waals surface area (Å²) in [5, 5.41) is 21.3. The summed E-state index contributed by atoms with van der Waals surface area (Å²) < 4.78 is 1.58. The van der Waals surface area contributed by atoms with Crippen LogP contribution in [-0.4, -0.2) is 32.8 Å². The maximum absolute atomic E-state index is 12.7. The molecule has 1 aromatic heterocycles. The molecule has 9 nitrogen and oxygen atoms in total. The van der Waals surface area contributed by atoms with Gasteiger partial charge in [-0.3, -0.25) is 19.6 Å². The van der Waals surface area contributed by atoms with Gasteiger partial charge in [-0.1, -0.05) is 41.9 Å². The Morgan fingerprint density at radius 3 is 2.20 bits per heavy atom. The van der Waals surface area contributed by atoms with Gasteiger partial charge in [-0.05, 0) is 42.5 Å². The van der Waals surface area contributed by atoms with E-state index in [0.717, 1.165) is 5.56 Å². The number of carbonyl (C=O) groups excluding carboxylic acids is 2. The maximum atomic E-state index is 12.7. The van der Waals surface area contributed by atoms with Crippen LogP contribution in [0.2, 0.25) is 5.02 Å². The van der Waals surface area contributed by atoms with Gasteiger partial charge in [-0.15, -0.1) is 0 Å². The molecule has 4 aromatic rings. The van der Waals surface area contributed by atoms with Crippen LogP contribution in [0.1, 0.15) is 20.7 Å². The van der Waals surface area contributed by atoms with Gasteiger partial charge in [0.25, 0.3) is 11.8 Å². The zero-order valence-electron chi connectivity index (χ0n) is 18.4. The number of rotatable bonds is 6. The summed E-state index contributed by atoms with van der Waals surface area (Å²) in [6, 6.07) is 21.9. The number of aromatic nitrogens is 2. The second-order valence-corrected chi connectivity index (χ2v) is 7.92. The largest absolute Gasteiger partial charge is 0.465 e. The predicted octanol–water partition coefficient (Wildman–Crippen LogP) is 5.34. The van der Waals surface area contributed by atoms with Gasteiger partial charge in [0.1, 0.15) is 5.82 Å². The van der Waals surface area contributed by atoms with E-state index in [4.69, 9.17) is 16.7 Å². The number of hydrogen-bond donors (Lipinski definition) is 4. The Kier molecular flexibility index (Phi) is 6.79. The molecule has 0 unspecified atom stereocenters. The molecule has 0 atom stereocenters. The van der Waals surface area contributed by atoms with E-state index in [1.165, 1.54) is 18.2 Å². The number of benzene rings is 3. The summed E-state index contributed by atoms with van der Waals surface area (Å²) >= 11 is 6.11. The Bertz CT molecular complexity index is 1400. The average molecular weight is 490 g/mol. The second kappa shape index (κ2) is 10.1. The molecule has 0 aliphatic carbocycles. The standard InChI is InChI=1S/C25H20ClN5O4/c1-31-22(29-23(32)16-5-3-2-4-6-16)14-21(30-31)15-7-9-17(10-8-15)27-24(33)19-13-18(28-25(34)35)11-12-20(19)26/h2-14,28H,1H3,(H,27,33)(H,29,32)(H,34,35). The van der Waals surface area contributed by atoms with Crippen LogP contribution >= 0.6 is 11.6 Å². The van der Waals surface area contributed by atoms with Crippen molar-refractivity contribution in [3.8, 4) is 11.3 Å². The average Bonchev–Trinajstić information content (AvgIpc) is 3.21. The molecule has 1 heterocycles. The molecule has 0 bridgehead atoms. The Balaban J connectivity index is 1.46. The van der Waals surface area contributed by atoms with E-state index in [1.54, 1.807) is 66.3 Å². The predicted molar refractivity (Wildman–Crippen MR) is 134 cm³/mol. The fraction of sp³-hybridized carbons (Fsp3) is 0.0400. The molecular formula is C25H20ClN5O4. The molecule has 3 aromatic carbocycles. The highest BCUT2D eigenvalue weighted by atomic mass is 35.5. The lowest BCUT2D eigenvalue weighted by Crippen LogP contribution is -2.14. The second-order valence-electron chi connectivity index (χ2n) is 7.51. The molecule has 0 aliphatic rings. The third-order valence-corrected chi connectivity index (χ3v) is 5.39. The van der Waals surface area contributed by atoms with Crippen LogP contribution in [0, 0.1) is 0 Å². The molecule has 0 aliphatic heterocycles. The van der Waals surface area contributed by atoms with Crippen molar-refractivity contribution in [3.05, 3.63) is 95.0 Å². The van der Waals surface area contributed by atoms with Gasteiger partial charge in [0.2, 0.25) is 0 Å². The third-order valence-electron chi connectivity index (χ3n) is 5.06. The summed E-state index contributed by atoms with van der Waals surface area (Å²) in [5.74, 6) is -0.184. The lowest BCUT2D eigenvalue weighted by molar-refractivity contribution is 0.101. The smallest absolute Gasteiger partial charge is 0.409 e. The third kappa shape index (κ3) is 5.66. The first kappa shape index (κ1) is 23.5. The van der Waals surface area contributed by atoms with E-state index in [1.807, 2.05) is 6.07 Å². The van der Waals surface area contributed by atoms with E-state index in [2.05, 4.69) is 21.0 Å². The van der Waals surface area contributed by atoms with E-state index < -0.39 is 12.0 Å². The number of halogens is 1. The molecule has 4 rings (SSSR count). The Hall–Kier alpha value is -4.63. The molecule has 0 spiro atoms. The summed E-state index contributed by atoms with van der Waals surface area (Å²) in [6.45, 7) is 0. The highest BCUT2D eigenvalue weighted by Crippen LogP contribution is 2.25. The Morgan fingerprint density at radius 2 is 1.51 bits per heavy atom. The Morgan fingerprint density at radius 1 is 0.829 bits per heavy atom. The molecule has 10 heteroatoms. The van der Waals surface area contributed by atoms with E-state index in [9.17, 15) is 14.4 Å². The van der Waals surface area contributed by atoms with Crippen LogP contribution in [0.15, 0.2) is 78.9 Å². The molecule has 3 amide bonds. The van der Waals surface area contributed by atoms with Crippen LogP contribution in [0.3, 0.4) is 0 Å². The molecule has 35 heavy (non-hydrogen) atoms. The van der Waals surface area contributed by atoms with Gasteiger partial charge in [-0.2, -0.15) is 5.10 Å². The fourth-order valence-electron chi connectivity index (χ4n) is 3.33. The number of carboxylic acid groups (broad SMARTS) is 1. The summed E-state index contributed by atoms with van der Waals surface area (Å²) in [4.78, 5) is 36.0. The normalized spacial score (nSPS) is 10.5. The van der Waals surface area contributed by atoms with Crippen LogP contribution in [-0.2, 0) is 7.05 Å². The first-order valence-electron chi connectivity index (χ1n) is 10.4. The van der Waals surface area contributed by atoms with Crippen molar-refractivity contribution in [1.29, 1.82) is 0 Å². The number of aryl methyl sites for hydroxylation is 1. The van der Waals surface area contributed by atoms with E-state index in [-0.39, 0.29) is 22.2 Å². The van der Waals surface area contributed by atoms with Gasteiger partial charge in [0.15, 0.2) is 0 Å². The van der Waals surface area contributed by atoms with Crippen LogP contribution in [0.25, 0.3) is 11.3 Å². The zero-order chi connectivity index (χ0) is 24.9. The van der Waals surface area contributed by atoms with Gasteiger partial charge >= 0.3 is 6.09 Å². The van der Waals surface area contributed by atoms with Gasteiger partial charge in [0, 0.05) is 35.6 Å². The number of hydrogen-bond acceptors (Lipinski definition) is 4. The van der Waals surface area contributed by atoms with E-state index in [0.29, 0.717) is 22.8 Å². The molecule has 0 radical (unpaired) electrons. The quantitative estimate of drug-likeness (QED) is 0.291. The van der Waals surface area contributed by atoms with Crippen molar-refractivity contribution >= 4 is 46.7 Å². The first-order valence-corrected chi connectivity index (χ1v) is 10.8. The van der Waals surface area contributed by atoms with Crippen molar-refractivity contribution in [3.63, 3.8) is 0 Å². The molecule has 4 N–H and O–H groups in total. The minimum Gasteiger partial charge on any atom is -0.465 e. The minimum absolute atomic E-state index is 0.130. The number of nitrogens with one attached hydrogen (secondary N) is 3. The summed E-state index contributed by atoms with van der Waals surface area (Å²) in [7, 11) is 1.73. The molecule has 0 saturated carbocycles. The van der Waals surface area contributed by atoms with Gasteiger partial charge in [0.05, 0.1) is 16.3 Å². The monoisotopic (exact) mass is 489 g/mol. The molecule has 176 valence electrons. The zero-order valence-corrected chi connectivity index (χ0v) is 19.2. The van der Waals surface area contributed by atoms with Crippen LogP contribution in [0.4, 0.5) is 22.0 Å². The molecular weight excluding hydrogens is 470 g/mol. The Labute approximate surface area is 205 Å². The molecule has 0 saturated heterocycles. The van der Waals surface area contributed by atoms with Crippen molar-refractivity contribution < 1.29 is 19.5 Å². The van der Waals surface area contributed by atoms with Crippen molar-refractivity contribution in [2.75, 3.05) is 16.0 Å². The first-order chi connectivity index (χ1) is 16.8. The maximum Gasteiger partial charge on any atom is 0.409 e. The van der Waals surface area contributed by atoms with Crippen LogP contribution < -0.4 is 16.0 Å². The van der Waals surface area contributed by atoms with Gasteiger partial charge in [-0.25, -0.2) is 4.79 Å². The number of carbonyl (C=O) groups is 3. The lowest BCUT2D eigenvalue weighted by atomic mass is 10.1. The highest BCUT2D eigenvalue weighted by molar-refractivity contribution is 6.34. The molecule has 0 fully saturated rings. The summed E-state index contributed by atoms with van der Waals surface area (Å²) in [5.41, 5.74) is 2.84. The summed E-state index contributed by atoms with van der Waals surface area (Å²) in [6.07, 6.45) is -1.24. The lowest BCUT2D eigenvalue weighted by Gasteiger charge is -2.09. The van der Waals surface area contributed by atoms with Crippen LogP contribution in [0.5, 0.6) is 0 Å². The number of nitrogens with zero attached hydrogens (tertiary/aromatic N) is 2. The fourth-order valence-corrected chi connectivity index (χ4v) is 3.53. The van der Waals surface area contributed by atoms with Crippen molar-refractivity contribution in [1.82, 2.24) is 9.78 Å². The van der Waals surface area contributed by atoms with Crippen molar-refractivity contribution in [2.24, 2.45) is 7.05 Å². The number of amides is 3. The topological polar surface area (TPSA) is 125 Å². The SMILES string of the molecule is Cn1nc(-c2ccc(NC(=O)c3cc(NC(=O)O)ccc3Cl)cc2)cc1NC(=O)c1ccccc1. The number of anilines is 3. The highest BCUT2D eigenvalue weighted by Gasteiger charge is 2.14.